The molecule has 0 saturated carbocycles. The van der Waals surface area contributed by atoms with Crippen LogP contribution in [0.25, 0.3) is 0 Å². The Morgan fingerprint density at radius 2 is 2.00 bits per heavy atom. The lowest BCUT2D eigenvalue weighted by atomic mass is 10.2. The smallest absolute Gasteiger partial charge is 0.303 e. The fraction of sp³-hybridized carbons (Fsp3) is 0.600. The van der Waals surface area contributed by atoms with E-state index in [0.717, 1.165) is 11.5 Å². The summed E-state index contributed by atoms with van der Waals surface area (Å²) in [4.78, 5) is 24.3. The maximum absolute atomic E-state index is 12.2. The third kappa shape index (κ3) is 6.94. The molecule has 0 radical (unpaired) electrons. The van der Waals surface area contributed by atoms with Crippen LogP contribution in [0.5, 0.6) is 0 Å². The van der Waals surface area contributed by atoms with Gasteiger partial charge in [0.2, 0.25) is 5.91 Å². The Balaban J connectivity index is 2.47. The highest BCUT2D eigenvalue weighted by Crippen LogP contribution is 2.12. The maximum atomic E-state index is 12.2. The second kappa shape index (κ2) is 9.18. The van der Waals surface area contributed by atoms with E-state index in [0.29, 0.717) is 39.0 Å². The summed E-state index contributed by atoms with van der Waals surface area (Å²) in [5.74, 6) is 0.712. The van der Waals surface area contributed by atoms with Gasteiger partial charge in [-0.3, -0.25) is 9.59 Å². The van der Waals surface area contributed by atoms with E-state index in [1.54, 1.807) is 12.0 Å². The zero-order valence-electron chi connectivity index (χ0n) is 12.6. The highest BCUT2D eigenvalue weighted by atomic mass is 16.5. The molecule has 1 aromatic heterocycles. The molecule has 21 heavy (non-hydrogen) atoms. The first-order chi connectivity index (χ1) is 10.0. The van der Waals surface area contributed by atoms with Crippen LogP contribution in [-0.4, -0.2) is 42.1 Å². The molecule has 0 atom stereocenters. The predicted molar refractivity (Wildman–Crippen MR) is 76.8 cm³/mol. The van der Waals surface area contributed by atoms with Crippen LogP contribution in [-0.2, 0) is 20.9 Å². The van der Waals surface area contributed by atoms with Crippen LogP contribution in [0.2, 0.25) is 0 Å². The van der Waals surface area contributed by atoms with Crippen molar-refractivity contribution in [3.63, 3.8) is 0 Å². The maximum Gasteiger partial charge on any atom is 0.303 e. The summed E-state index contributed by atoms with van der Waals surface area (Å²) in [5, 5.41) is 8.58. The largest absolute Gasteiger partial charge is 0.481 e. The van der Waals surface area contributed by atoms with Crippen LogP contribution in [0.1, 0.15) is 37.2 Å². The number of aliphatic carboxylic acids is 1. The lowest BCUT2D eigenvalue weighted by Crippen LogP contribution is -2.33. The Kier molecular flexibility index (Phi) is 7.53. The first-order valence-electron chi connectivity index (χ1n) is 7.06. The van der Waals surface area contributed by atoms with Gasteiger partial charge in [-0.2, -0.15) is 0 Å². The van der Waals surface area contributed by atoms with Crippen LogP contribution in [0, 0.1) is 6.92 Å². The van der Waals surface area contributed by atoms with Crippen molar-refractivity contribution in [3.05, 3.63) is 23.7 Å². The molecular formula is C15H23NO5. The fourth-order valence-electron chi connectivity index (χ4n) is 1.96. The van der Waals surface area contributed by atoms with Crippen LogP contribution < -0.4 is 0 Å². The van der Waals surface area contributed by atoms with Gasteiger partial charge in [0.15, 0.2) is 0 Å². The van der Waals surface area contributed by atoms with E-state index < -0.39 is 5.97 Å². The Bertz CT molecular complexity index is 455. The summed E-state index contributed by atoms with van der Waals surface area (Å²) in [5.41, 5.74) is 0. The molecule has 0 fully saturated rings. The van der Waals surface area contributed by atoms with Gasteiger partial charge in [0.05, 0.1) is 13.2 Å². The Morgan fingerprint density at radius 1 is 1.29 bits per heavy atom. The fourth-order valence-corrected chi connectivity index (χ4v) is 1.96. The van der Waals surface area contributed by atoms with E-state index in [4.69, 9.17) is 14.3 Å². The number of unbranched alkanes of at least 4 members (excludes halogenated alkanes) is 1. The minimum Gasteiger partial charge on any atom is -0.481 e. The predicted octanol–water partition coefficient (Wildman–Crippen LogP) is 2.21. The highest BCUT2D eigenvalue weighted by molar-refractivity contribution is 5.76. The average Bonchev–Trinajstić information content (AvgIpc) is 2.84. The van der Waals surface area contributed by atoms with E-state index in [1.807, 2.05) is 19.1 Å². The number of methoxy groups -OCH3 is 1. The van der Waals surface area contributed by atoms with Crippen molar-refractivity contribution in [2.45, 2.75) is 39.2 Å². The van der Waals surface area contributed by atoms with Gasteiger partial charge in [-0.1, -0.05) is 0 Å². The number of carboxylic acid groups (broad SMARTS) is 1. The molecule has 1 heterocycles. The van der Waals surface area contributed by atoms with Gasteiger partial charge in [0.25, 0.3) is 0 Å². The Labute approximate surface area is 124 Å². The van der Waals surface area contributed by atoms with Crippen molar-refractivity contribution in [2.24, 2.45) is 0 Å². The molecule has 0 aromatic carbocycles. The second-order valence-electron chi connectivity index (χ2n) is 4.92. The number of furan rings is 1. The molecule has 6 nitrogen and oxygen atoms in total. The van der Waals surface area contributed by atoms with Crippen LogP contribution in [0.15, 0.2) is 16.5 Å². The molecule has 0 aliphatic heterocycles. The topological polar surface area (TPSA) is 80.0 Å². The summed E-state index contributed by atoms with van der Waals surface area (Å²) < 4.78 is 10.5. The molecule has 0 bridgehead atoms. The van der Waals surface area contributed by atoms with E-state index in [1.165, 1.54) is 0 Å². The SMILES string of the molecule is COCCN(Cc1ccc(C)o1)C(=O)CCCCC(=O)O. The standard InChI is InChI=1S/C15H23NO5/c1-12-7-8-13(21-12)11-16(9-10-20-2)14(17)5-3-4-6-15(18)19/h7-8H,3-6,9-11H2,1-2H3,(H,18,19). The second-order valence-corrected chi connectivity index (χ2v) is 4.92. The number of nitrogens with zero attached hydrogens (tertiary/aromatic N) is 1. The molecule has 6 heteroatoms. The summed E-state index contributed by atoms with van der Waals surface area (Å²) >= 11 is 0. The minimum absolute atomic E-state index is 0.00788. The molecule has 0 unspecified atom stereocenters. The zero-order chi connectivity index (χ0) is 15.7. The zero-order valence-corrected chi connectivity index (χ0v) is 12.6. The van der Waals surface area contributed by atoms with Crippen LogP contribution >= 0.6 is 0 Å². The van der Waals surface area contributed by atoms with E-state index in [2.05, 4.69) is 0 Å². The highest BCUT2D eigenvalue weighted by Gasteiger charge is 2.15. The first-order valence-corrected chi connectivity index (χ1v) is 7.06. The number of hydrogen-bond donors (Lipinski definition) is 1. The molecule has 118 valence electrons. The Hall–Kier alpha value is -1.82. The minimum atomic E-state index is -0.829. The average molecular weight is 297 g/mol. The molecule has 1 aromatic rings. The molecule has 1 N–H and O–H groups in total. The van der Waals surface area contributed by atoms with Gasteiger partial charge < -0.3 is 19.2 Å². The number of ether oxygens (including phenoxy) is 1. The van der Waals surface area contributed by atoms with Crippen molar-refractivity contribution >= 4 is 11.9 Å². The van der Waals surface area contributed by atoms with Gasteiger partial charge in [0.1, 0.15) is 11.5 Å². The molecule has 0 spiro atoms. The van der Waals surface area contributed by atoms with Gasteiger partial charge in [-0.15, -0.1) is 0 Å². The van der Waals surface area contributed by atoms with Gasteiger partial charge in [0, 0.05) is 26.5 Å². The molecule has 0 aliphatic carbocycles. The quantitative estimate of drug-likeness (QED) is 0.670. The van der Waals surface area contributed by atoms with E-state index >= 15 is 0 Å². The summed E-state index contributed by atoms with van der Waals surface area (Å²) in [6, 6.07) is 3.72. The van der Waals surface area contributed by atoms with Crippen molar-refractivity contribution in [3.8, 4) is 0 Å². The summed E-state index contributed by atoms with van der Waals surface area (Å²) in [6.07, 6.45) is 1.53. The number of carbonyl (C=O) groups excluding carboxylic acids is 1. The Morgan fingerprint density at radius 3 is 2.57 bits per heavy atom. The lowest BCUT2D eigenvalue weighted by Gasteiger charge is -2.21. The molecular weight excluding hydrogens is 274 g/mol. The van der Waals surface area contributed by atoms with Gasteiger partial charge in [-0.25, -0.2) is 0 Å². The third-order valence-electron chi connectivity index (χ3n) is 3.09. The molecule has 0 saturated heterocycles. The molecule has 1 rings (SSSR count). The van der Waals surface area contributed by atoms with Gasteiger partial charge >= 0.3 is 5.97 Å². The van der Waals surface area contributed by atoms with Crippen molar-refractivity contribution < 1.29 is 23.8 Å². The molecule has 1 amide bonds. The lowest BCUT2D eigenvalue weighted by molar-refractivity contribution is -0.137. The summed E-state index contributed by atoms with van der Waals surface area (Å²) in [7, 11) is 1.59. The van der Waals surface area contributed by atoms with Crippen molar-refractivity contribution in [2.75, 3.05) is 20.3 Å². The number of carbonyl (C=O) groups is 2. The third-order valence-corrected chi connectivity index (χ3v) is 3.09. The van der Waals surface area contributed by atoms with Crippen LogP contribution in [0.3, 0.4) is 0 Å². The first kappa shape index (κ1) is 17.2. The van der Waals surface area contributed by atoms with Crippen LogP contribution in [0.4, 0.5) is 0 Å². The number of rotatable bonds is 10. The van der Waals surface area contributed by atoms with E-state index in [-0.39, 0.29) is 12.3 Å². The monoisotopic (exact) mass is 297 g/mol. The summed E-state index contributed by atoms with van der Waals surface area (Å²) in [6.45, 7) is 3.22. The number of aryl methyl sites for hydroxylation is 1. The number of amides is 1. The normalized spacial score (nSPS) is 10.6. The van der Waals surface area contributed by atoms with Crippen molar-refractivity contribution in [1.29, 1.82) is 0 Å². The number of carboxylic acids is 1. The van der Waals surface area contributed by atoms with E-state index in [9.17, 15) is 9.59 Å². The molecule has 0 aliphatic rings. The number of hydrogen-bond acceptors (Lipinski definition) is 4. The van der Waals surface area contributed by atoms with Gasteiger partial charge in [-0.05, 0) is 31.9 Å². The van der Waals surface area contributed by atoms with Crippen molar-refractivity contribution in [1.82, 2.24) is 4.90 Å².